The second-order valence-electron chi connectivity index (χ2n) is 7.89. The lowest BCUT2D eigenvalue weighted by atomic mass is 10.2. The summed E-state index contributed by atoms with van der Waals surface area (Å²) in [5.41, 5.74) is -0.603. The van der Waals surface area contributed by atoms with E-state index in [2.05, 4.69) is 5.32 Å². The number of halogens is 2. The van der Waals surface area contributed by atoms with Gasteiger partial charge in [-0.15, -0.1) is 0 Å². The number of piperazine rings is 1. The number of benzene rings is 1. The second-order valence-corrected chi connectivity index (χ2v) is 9.80. The number of amides is 2. The highest BCUT2D eigenvalue weighted by Crippen LogP contribution is 2.22. The number of sulfonamides is 1. The summed E-state index contributed by atoms with van der Waals surface area (Å²) < 4.78 is 58.5. The zero-order chi connectivity index (χ0) is 22.5. The molecule has 1 saturated heterocycles. The second kappa shape index (κ2) is 9.69. The summed E-state index contributed by atoms with van der Waals surface area (Å²) in [6.45, 7) is 5.78. The van der Waals surface area contributed by atoms with E-state index in [0.29, 0.717) is 12.5 Å². The van der Waals surface area contributed by atoms with E-state index in [0.717, 1.165) is 16.4 Å². The molecule has 0 unspecified atom stereocenters. The number of rotatable bonds is 6. The van der Waals surface area contributed by atoms with E-state index in [9.17, 15) is 26.8 Å². The SMILES string of the molecule is CC(C)(C)OC(=O)NCCCC(=O)N1CCN(S(=O)(=O)c2cc(F)ccc2F)CC1. The third-order valence-electron chi connectivity index (χ3n) is 4.34. The van der Waals surface area contributed by atoms with Crippen LogP contribution in [-0.2, 0) is 19.6 Å². The Hall–Kier alpha value is -2.27. The van der Waals surface area contributed by atoms with Crippen LogP contribution in [0.3, 0.4) is 0 Å². The van der Waals surface area contributed by atoms with Crippen LogP contribution in [-0.4, -0.2) is 67.9 Å². The fourth-order valence-corrected chi connectivity index (χ4v) is 4.39. The first kappa shape index (κ1) is 24.0. The summed E-state index contributed by atoms with van der Waals surface area (Å²) in [7, 11) is -4.19. The molecule has 1 aromatic rings. The van der Waals surface area contributed by atoms with Crippen LogP contribution >= 0.6 is 0 Å². The lowest BCUT2D eigenvalue weighted by Gasteiger charge is -2.34. The van der Waals surface area contributed by atoms with Crippen molar-refractivity contribution in [2.75, 3.05) is 32.7 Å². The highest BCUT2D eigenvalue weighted by atomic mass is 32.2. The minimum atomic E-state index is -4.19. The van der Waals surface area contributed by atoms with Gasteiger partial charge in [0.05, 0.1) is 0 Å². The van der Waals surface area contributed by atoms with Gasteiger partial charge in [-0.25, -0.2) is 22.0 Å². The minimum absolute atomic E-state index is 0.0137. The van der Waals surface area contributed by atoms with Crippen LogP contribution in [0.4, 0.5) is 13.6 Å². The number of nitrogens with one attached hydrogen (secondary N) is 1. The van der Waals surface area contributed by atoms with E-state index in [1.54, 1.807) is 20.8 Å². The van der Waals surface area contributed by atoms with Gasteiger partial charge in [-0.1, -0.05) is 0 Å². The van der Waals surface area contributed by atoms with Gasteiger partial charge in [-0.05, 0) is 45.4 Å². The standard InChI is InChI=1S/C19H27F2N3O5S/c1-19(2,3)29-18(26)22-8-4-5-17(25)23-9-11-24(12-10-23)30(27,28)16-13-14(20)6-7-15(16)21/h6-7,13H,4-5,8-12H2,1-3H3,(H,22,26). The zero-order valence-corrected chi connectivity index (χ0v) is 18.1. The average molecular weight is 448 g/mol. The summed E-state index contributed by atoms with van der Waals surface area (Å²) in [5.74, 6) is -2.04. The van der Waals surface area contributed by atoms with Crippen molar-refractivity contribution in [2.24, 2.45) is 0 Å². The third kappa shape index (κ3) is 6.63. The summed E-state index contributed by atoms with van der Waals surface area (Å²) in [5, 5.41) is 2.57. The van der Waals surface area contributed by atoms with Crippen molar-refractivity contribution in [1.82, 2.24) is 14.5 Å². The summed E-state index contributed by atoms with van der Waals surface area (Å²) >= 11 is 0. The first-order chi connectivity index (χ1) is 13.9. The number of ether oxygens (including phenoxy) is 1. The molecule has 0 radical (unpaired) electrons. The van der Waals surface area contributed by atoms with Gasteiger partial charge in [0.15, 0.2) is 0 Å². The number of carbonyl (C=O) groups is 2. The van der Waals surface area contributed by atoms with Crippen LogP contribution < -0.4 is 5.32 Å². The first-order valence-corrected chi connectivity index (χ1v) is 11.0. The Bertz CT molecular complexity index is 879. The Morgan fingerprint density at radius 3 is 2.37 bits per heavy atom. The number of hydrogen-bond acceptors (Lipinski definition) is 5. The van der Waals surface area contributed by atoms with Crippen molar-refractivity contribution in [3.63, 3.8) is 0 Å². The van der Waals surface area contributed by atoms with Crippen molar-refractivity contribution in [3.8, 4) is 0 Å². The molecule has 1 aliphatic heterocycles. The average Bonchev–Trinajstić information content (AvgIpc) is 2.65. The Labute approximate surface area is 175 Å². The van der Waals surface area contributed by atoms with Gasteiger partial charge in [0.1, 0.15) is 22.1 Å². The van der Waals surface area contributed by atoms with Crippen molar-refractivity contribution >= 4 is 22.0 Å². The van der Waals surface area contributed by atoms with E-state index in [-0.39, 0.29) is 45.1 Å². The maximum Gasteiger partial charge on any atom is 0.407 e. The van der Waals surface area contributed by atoms with Gasteiger partial charge in [0, 0.05) is 39.1 Å². The molecule has 0 saturated carbocycles. The molecule has 1 fully saturated rings. The van der Waals surface area contributed by atoms with Gasteiger partial charge in [-0.2, -0.15) is 4.31 Å². The van der Waals surface area contributed by atoms with Gasteiger partial charge >= 0.3 is 6.09 Å². The molecule has 0 aliphatic carbocycles. The topological polar surface area (TPSA) is 96.0 Å². The molecule has 0 atom stereocenters. The lowest BCUT2D eigenvalue weighted by Crippen LogP contribution is -2.50. The number of alkyl carbamates (subject to hydrolysis) is 1. The van der Waals surface area contributed by atoms with Crippen molar-refractivity contribution < 1.29 is 31.5 Å². The Balaban J connectivity index is 1.80. The quantitative estimate of drug-likeness (QED) is 0.674. The Kier molecular flexibility index (Phi) is 7.75. The zero-order valence-electron chi connectivity index (χ0n) is 17.3. The molecule has 1 N–H and O–H groups in total. The summed E-state index contributed by atoms with van der Waals surface area (Å²) in [6.07, 6.45) is 0.0324. The number of hydrogen-bond donors (Lipinski definition) is 1. The molecule has 168 valence electrons. The van der Waals surface area contributed by atoms with Crippen LogP contribution in [0.1, 0.15) is 33.6 Å². The Morgan fingerprint density at radius 1 is 1.13 bits per heavy atom. The Morgan fingerprint density at radius 2 is 1.77 bits per heavy atom. The van der Waals surface area contributed by atoms with E-state index in [1.165, 1.54) is 4.90 Å². The van der Waals surface area contributed by atoms with Gasteiger partial charge in [0.2, 0.25) is 15.9 Å². The van der Waals surface area contributed by atoms with E-state index in [4.69, 9.17) is 4.74 Å². The van der Waals surface area contributed by atoms with Crippen LogP contribution in [0.15, 0.2) is 23.1 Å². The molecule has 11 heteroatoms. The maximum atomic E-state index is 13.9. The fraction of sp³-hybridized carbons (Fsp3) is 0.579. The van der Waals surface area contributed by atoms with E-state index >= 15 is 0 Å². The van der Waals surface area contributed by atoms with Crippen LogP contribution in [0.25, 0.3) is 0 Å². The van der Waals surface area contributed by atoms with E-state index < -0.39 is 38.2 Å². The molecule has 1 heterocycles. The molecule has 0 bridgehead atoms. The number of carbonyl (C=O) groups excluding carboxylic acids is 2. The molecule has 0 spiro atoms. The van der Waals surface area contributed by atoms with Crippen LogP contribution in [0.5, 0.6) is 0 Å². The molecule has 2 amide bonds. The smallest absolute Gasteiger partial charge is 0.407 e. The largest absolute Gasteiger partial charge is 0.444 e. The highest BCUT2D eigenvalue weighted by molar-refractivity contribution is 7.89. The van der Waals surface area contributed by atoms with Crippen LogP contribution in [0.2, 0.25) is 0 Å². The monoisotopic (exact) mass is 447 g/mol. The van der Waals surface area contributed by atoms with Crippen molar-refractivity contribution in [1.29, 1.82) is 0 Å². The van der Waals surface area contributed by atoms with Gasteiger partial charge in [0.25, 0.3) is 0 Å². The first-order valence-electron chi connectivity index (χ1n) is 9.60. The molecular formula is C19H27F2N3O5S. The van der Waals surface area contributed by atoms with Crippen LogP contribution in [0, 0.1) is 11.6 Å². The predicted octanol–water partition coefficient (Wildman–Crippen LogP) is 2.10. The maximum absolute atomic E-state index is 13.9. The highest BCUT2D eigenvalue weighted by Gasteiger charge is 2.32. The molecule has 30 heavy (non-hydrogen) atoms. The molecular weight excluding hydrogens is 420 g/mol. The normalized spacial score (nSPS) is 15.7. The van der Waals surface area contributed by atoms with E-state index in [1.807, 2.05) is 0 Å². The molecule has 8 nitrogen and oxygen atoms in total. The molecule has 1 aliphatic rings. The molecule has 2 rings (SSSR count). The number of nitrogens with zero attached hydrogens (tertiary/aromatic N) is 2. The van der Waals surface area contributed by atoms with Crippen molar-refractivity contribution in [3.05, 3.63) is 29.8 Å². The fourth-order valence-electron chi connectivity index (χ4n) is 2.89. The van der Waals surface area contributed by atoms with Crippen molar-refractivity contribution in [2.45, 2.75) is 44.1 Å². The summed E-state index contributed by atoms with van der Waals surface area (Å²) in [6, 6.07) is 2.27. The molecule has 0 aromatic heterocycles. The summed E-state index contributed by atoms with van der Waals surface area (Å²) in [4.78, 5) is 24.7. The lowest BCUT2D eigenvalue weighted by molar-refractivity contribution is -0.132. The van der Waals surface area contributed by atoms with Gasteiger partial charge < -0.3 is 15.0 Å². The predicted molar refractivity (Wildman–Crippen MR) is 105 cm³/mol. The molecule has 1 aromatic carbocycles. The third-order valence-corrected chi connectivity index (χ3v) is 6.25. The van der Waals surface area contributed by atoms with Gasteiger partial charge in [-0.3, -0.25) is 4.79 Å². The minimum Gasteiger partial charge on any atom is -0.444 e.